The molecular weight excluding hydrogens is 424 g/mol. The van der Waals surface area contributed by atoms with E-state index in [9.17, 15) is 4.79 Å². The average molecular weight is 451 g/mol. The van der Waals surface area contributed by atoms with Crippen LogP contribution in [0.15, 0.2) is 59.4 Å². The molecule has 0 radical (unpaired) electrons. The van der Waals surface area contributed by atoms with E-state index in [0.29, 0.717) is 18.1 Å². The average Bonchev–Trinajstić information content (AvgIpc) is 3.22. The molecule has 8 heteroatoms. The summed E-state index contributed by atoms with van der Waals surface area (Å²) in [6.07, 6.45) is 0. The van der Waals surface area contributed by atoms with Gasteiger partial charge in [-0.1, -0.05) is 30.3 Å². The van der Waals surface area contributed by atoms with Crippen LogP contribution in [0.4, 0.5) is 5.69 Å². The van der Waals surface area contributed by atoms with Gasteiger partial charge in [0.25, 0.3) is 11.3 Å². The zero-order valence-corrected chi connectivity index (χ0v) is 19.1. The number of anilines is 1. The predicted octanol–water partition coefficient (Wildman–Crippen LogP) is 3.45. The molecule has 0 aliphatic carbocycles. The maximum atomic E-state index is 12.7. The summed E-state index contributed by atoms with van der Waals surface area (Å²) < 4.78 is 1.42. The van der Waals surface area contributed by atoms with Crippen LogP contribution in [0.25, 0.3) is 17.2 Å². The Kier molecular flexibility index (Phi) is 6.30. The summed E-state index contributed by atoms with van der Waals surface area (Å²) in [7, 11) is 0. The fraction of sp³-hybridized carbons (Fsp3) is 0.292. The Morgan fingerprint density at radius 3 is 2.38 bits per heavy atom. The molecule has 1 saturated heterocycles. The number of benzene rings is 2. The van der Waals surface area contributed by atoms with Gasteiger partial charge in [0, 0.05) is 50.0 Å². The van der Waals surface area contributed by atoms with Gasteiger partial charge in [0.1, 0.15) is 0 Å². The second-order valence-corrected chi connectivity index (χ2v) is 8.19. The lowest BCUT2D eigenvalue weighted by Gasteiger charge is -2.35. The van der Waals surface area contributed by atoms with Gasteiger partial charge in [-0.3, -0.25) is 14.8 Å². The minimum atomic E-state index is -0.134. The van der Waals surface area contributed by atoms with Gasteiger partial charge in [-0.05, 0) is 43.2 Å². The Hall–Kier alpha value is -3.16. The van der Waals surface area contributed by atoms with Gasteiger partial charge in [0.2, 0.25) is 0 Å². The van der Waals surface area contributed by atoms with E-state index < -0.39 is 0 Å². The largest absolute Gasteiger partial charge is 0.369 e. The molecule has 1 aliphatic rings. The molecule has 2 aromatic carbocycles. The van der Waals surface area contributed by atoms with Gasteiger partial charge < -0.3 is 4.90 Å². The Morgan fingerprint density at radius 1 is 0.906 bits per heavy atom. The van der Waals surface area contributed by atoms with Gasteiger partial charge >= 0.3 is 0 Å². The minimum absolute atomic E-state index is 0. The summed E-state index contributed by atoms with van der Waals surface area (Å²) in [5.74, 6) is 1.07. The van der Waals surface area contributed by atoms with Crippen LogP contribution in [0.2, 0.25) is 0 Å². The highest BCUT2D eigenvalue weighted by molar-refractivity contribution is 5.85. The molecule has 2 aromatic heterocycles. The van der Waals surface area contributed by atoms with E-state index in [1.165, 1.54) is 21.3 Å². The number of hydrogen-bond acceptors (Lipinski definition) is 5. The van der Waals surface area contributed by atoms with Crippen molar-refractivity contribution in [3.05, 3.63) is 81.8 Å². The molecule has 1 aliphatic heterocycles. The first-order valence-corrected chi connectivity index (χ1v) is 10.7. The number of nitrogens with one attached hydrogen (secondary N) is 1. The number of nitrogens with zero attached hydrogens (tertiary/aromatic N) is 5. The molecular formula is C24H27ClN6O. The molecule has 4 aromatic rings. The van der Waals surface area contributed by atoms with Crippen LogP contribution in [0.5, 0.6) is 0 Å². The molecule has 3 heterocycles. The van der Waals surface area contributed by atoms with Crippen LogP contribution in [-0.2, 0) is 6.54 Å². The third kappa shape index (κ3) is 4.40. The molecule has 5 rings (SSSR count). The Morgan fingerprint density at radius 2 is 1.66 bits per heavy atom. The molecule has 0 saturated carbocycles. The topological polar surface area (TPSA) is 69.5 Å². The molecule has 0 bridgehead atoms. The molecule has 32 heavy (non-hydrogen) atoms. The zero-order chi connectivity index (χ0) is 21.4. The Bertz CT molecular complexity index is 1270. The van der Waals surface area contributed by atoms with Gasteiger partial charge in [-0.2, -0.15) is 9.50 Å². The summed E-state index contributed by atoms with van der Waals surface area (Å²) in [6.45, 7) is 8.60. The minimum Gasteiger partial charge on any atom is -0.369 e. The number of piperazine rings is 1. The maximum Gasteiger partial charge on any atom is 0.274 e. The van der Waals surface area contributed by atoms with Crippen molar-refractivity contribution in [2.75, 3.05) is 31.1 Å². The maximum absolute atomic E-state index is 12.7. The van der Waals surface area contributed by atoms with E-state index in [1.807, 2.05) is 12.1 Å². The molecule has 1 fully saturated rings. The molecule has 0 spiro atoms. The number of para-hydroxylation sites is 1. The number of hydrogen-bond donors (Lipinski definition) is 1. The monoisotopic (exact) mass is 450 g/mol. The lowest BCUT2D eigenvalue weighted by Crippen LogP contribution is -2.46. The van der Waals surface area contributed by atoms with Crippen molar-refractivity contribution < 1.29 is 0 Å². The molecule has 0 atom stereocenters. The molecule has 166 valence electrons. The SMILES string of the molecule is Cc1ccc(-c2nc3nc(CN4CCN(c5ccccc5)CC4)cc(=O)n3[nH]2)cc1C.Cl. The number of H-pyrrole nitrogens is 1. The van der Waals surface area contributed by atoms with E-state index in [1.54, 1.807) is 6.07 Å². The smallest absolute Gasteiger partial charge is 0.274 e. The van der Waals surface area contributed by atoms with Crippen LogP contribution in [0.3, 0.4) is 0 Å². The highest BCUT2D eigenvalue weighted by Gasteiger charge is 2.18. The van der Waals surface area contributed by atoms with Crippen LogP contribution in [0, 0.1) is 13.8 Å². The van der Waals surface area contributed by atoms with Crippen molar-refractivity contribution in [1.29, 1.82) is 0 Å². The number of fused-ring (bicyclic) bond motifs is 1. The van der Waals surface area contributed by atoms with Crippen LogP contribution < -0.4 is 10.5 Å². The van der Waals surface area contributed by atoms with E-state index in [-0.39, 0.29) is 18.0 Å². The van der Waals surface area contributed by atoms with Gasteiger partial charge in [0.05, 0.1) is 5.69 Å². The highest BCUT2D eigenvalue weighted by atomic mass is 35.5. The fourth-order valence-corrected chi connectivity index (χ4v) is 4.06. The van der Waals surface area contributed by atoms with E-state index >= 15 is 0 Å². The van der Waals surface area contributed by atoms with E-state index in [0.717, 1.165) is 37.4 Å². The second-order valence-electron chi connectivity index (χ2n) is 8.19. The third-order valence-corrected chi connectivity index (χ3v) is 6.04. The normalized spacial score (nSPS) is 14.5. The van der Waals surface area contributed by atoms with Crippen LogP contribution in [0.1, 0.15) is 16.8 Å². The summed E-state index contributed by atoms with van der Waals surface area (Å²) in [4.78, 5) is 26.7. The fourth-order valence-electron chi connectivity index (χ4n) is 4.06. The summed E-state index contributed by atoms with van der Waals surface area (Å²) in [5.41, 5.74) is 5.25. The number of aromatic amines is 1. The van der Waals surface area contributed by atoms with Gasteiger partial charge in [0.15, 0.2) is 5.82 Å². The predicted molar refractivity (Wildman–Crippen MR) is 130 cm³/mol. The highest BCUT2D eigenvalue weighted by Crippen LogP contribution is 2.20. The molecule has 7 nitrogen and oxygen atoms in total. The number of halogens is 1. The standard InChI is InChI=1S/C24H26N6O.ClH/c1-17-8-9-19(14-18(17)2)23-26-24-25-20(15-22(31)30(24)27-23)16-28-10-12-29(13-11-28)21-6-4-3-5-7-21;/h3-9,14-15H,10-13,16H2,1-2H3,(H,25,26,27);1H. The first kappa shape index (κ1) is 22.0. The molecule has 0 unspecified atom stereocenters. The first-order chi connectivity index (χ1) is 15.1. The Balaban J connectivity index is 0.00000245. The van der Waals surface area contributed by atoms with Crippen molar-refractivity contribution in [1.82, 2.24) is 24.5 Å². The molecule has 1 N–H and O–H groups in total. The molecule has 0 amide bonds. The summed E-state index contributed by atoms with van der Waals surface area (Å²) in [6, 6.07) is 18.2. The summed E-state index contributed by atoms with van der Waals surface area (Å²) >= 11 is 0. The summed E-state index contributed by atoms with van der Waals surface area (Å²) in [5, 5.41) is 3.09. The number of rotatable bonds is 4. The van der Waals surface area contributed by atoms with Gasteiger partial charge in [-0.15, -0.1) is 12.4 Å². The van der Waals surface area contributed by atoms with Crippen molar-refractivity contribution in [3.8, 4) is 11.4 Å². The number of aryl methyl sites for hydroxylation is 2. The van der Waals surface area contributed by atoms with Crippen LogP contribution >= 0.6 is 12.4 Å². The zero-order valence-electron chi connectivity index (χ0n) is 18.3. The van der Waals surface area contributed by atoms with Crippen molar-refractivity contribution in [3.63, 3.8) is 0 Å². The number of aromatic nitrogens is 4. The second kappa shape index (κ2) is 9.14. The quantitative estimate of drug-likeness (QED) is 0.515. The third-order valence-electron chi connectivity index (χ3n) is 6.04. The van der Waals surface area contributed by atoms with E-state index in [4.69, 9.17) is 0 Å². The van der Waals surface area contributed by atoms with Crippen molar-refractivity contribution in [2.24, 2.45) is 0 Å². The van der Waals surface area contributed by atoms with Gasteiger partial charge in [-0.25, -0.2) is 4.98 Å². The Labute approximate surface area is 193 Å². The first-order valence-electron chi connectivity index (χ1n) is 10.7. The van der Waals surface area contributed by atoms with Crippen LogP contribution in [-0.4, -0.2) is 50.7 Å². The van der Waals surface area contributed by atoms with Crippen molar-refractivity contribution in [2.45, 2.75) is 20.4 Å². The lowest BCUT2D eigenvalue weighted by atomic mass is 10.1. The van der Waals surface area contributed by atoms with E-state index in [2.05, 4.69) is 75.1 Å². The lowest BCUT2D eigenvalue weighted by molar-refractivity contribution is 0.247. The van der Waals surface area contributed by atoms with Crippen molar-refractivity contribution >= 4 is 23.9 Å².